The first-order valence-corrected chi connectivity index (χ1v) is 10.8. The van der Waals surface area contributed by atoms with Gasteiger partial charge in [-0.2, -0.15) is 0 Å². The standard InChI is InChI=1S/C22H22F3NO5S/c23-22(24,25)31-18-9-5-15(6-10-18)16(2-1-11-27)13-30-17-7-3-14(4-8-17)12-19-20(28)26-21(29)32-19/h3-10,16,19,27H,1-2,11-13H2,(H,26,28,29). The van der Waals surface area contributed by atoms with Crippen molar-refractivity contribution in [3.8, 4) is 11.5 Å². The molecule has 2 aromatic carbocycles. The van der Waals surface area contributed by atoms with Crippen LogP contribution >= 0.6 is 11.8 Å². The number of thioether (sulfide) groups is 1. The Morgan fingerprint density at radius 3 is 2.25 bits per heavy atom. The number of benzene rings is 2. The van der Waals surface area contributed by atoms with Crippen LogP contribution in [0.2, 0.25) is 0 Å². The van der Waals surface area contributed by atoms with E-state index >= 15 is 0 Å². The molecule has 2 unspecified atom stereocenters. The lowest BCUT2D eigenvalue weighted by molar-refractivity contribution is -0.274. The van der Waals surface area contributed by atoms with Crippen LogP contribution in [0.1, 0.15) is 29.9 Å². The Kier molecular flexibility index (Phi) is 8.03. The number of nitrogens with one attached hydrogen (secondary N) is 1. The van der Waals surface area contributed by atoms with Gasteiger partial charge in [0.1, 0.15) is 11.5 Å². The second-order valence-electron chi connectivity index (χ2n) is 7.22. The zero-order valence-electron chi connectivity index (χ0n) is 16.9. The third-order valence-corrected chi connectivity index (χ3v) is 5.84. The summed E-state index contributed by atoms with van der Waals surface area (Å²) in [7, 11) is 0. The summed E-state index contributed by atoms with van der Waals surface area (Å²) in [5.74, 6) is -0.126. The van der Waals surface area contributed by atoms with Gasteiger partial charge in [-0.1, -0.05) is 36.0 Å². The number of ether oxygens (including phenoxy) is 2. The van der Waals surface area contributed by atoms with Crippen molar-refractivity contribution in [2.24, 2.45) is 0 Å². The predicted octanol–water partition coefficient (Wildman–Crippen LogP) is 4.41. The lowest BCUT2D eigenvalue weighted by atomic mass is 9.95. The molecule has 0 saturated carbocycles. The molecular weight excluding hydrogens is 447 g/mol. The van der Waals surface area contributed by atoms with Crippen LogP contribution in [0.4, 0.5) is 18.0 Å². The number of imide groups is 1. The number of aliphatic hydroxyl groups excluding tert-OH is 1. The van der Waals surface area contributed by atoms with Crippen molar-refractivity contribution in [3.05, 3.63) is 59.7 Å². The Morgan fingerprint density at radius 2 is 1.69 bits per heavy atom. The number of carbonyl (C=O) groups is 2. The van der Waals surface area contributed by atoms with Crippen LogP contribution in [0.25, 0.3) is 0 Å². The minimum Gasteiger partial charge on any atom is -0.493 e. The largest absolute Gasteiger partial charge is 0.573 e. The average Bonchev–Trinajstić information content (AvgIpc) is 3.05. The highest BCUT2D eigenvalue weighted by Gasteiger charge is 2.32. The van der Waals surface area contributed by atoms with Gasteiger partial charge in [-0.3, -0.25) is 14.9 Å². The molecule has 0 aliphatic carbocycles. The van der Waals surface area contributed by atoms with Crippen molar-refractivity contribution in [2.75, 3.05) is 13.2 Å². The van der Waals surface area contributed by atoms with E-state index in [1.54, 1.807) is 24.3 Å². The predicted molar refractivity (Wildman–Crippen MR) is 113 cm³/mol. The lowest BCUT2D eigenvalue weighted by Crippen LogP contribution is -2.25. The van der Waals surface area contributed by atoms with Gasteiger partial charge < -0.3 is 14.6 Å². The molecule has 2 aromatic rings. The van der Waals surface area contributed by atoms with E-state index in [0.29, 0.717) is 25.0 Å². The summed E-state index contributed by atoms with van der Waals surface area (Å²) in [6.07, 6.45) is -3.21. The van der Waals surface area contributed by atoms with Crippen molar-refractivity contribution in [1.82, 2.24) is 5.32 Å². The molecule has 2 N–H and O–H groups in total. The minimum atomic E-state index is -4.75. The molecule has 1 aliphatic rings. The molecule has 10 heteroatoms. The summed E-state index contributed by atoms with van der Waals surface area (Å²) in [5, 5.41) is 10.6. The maximum Gasteiger partial charge on any atom is 0.573 e. The third kappa shape index (κ3) is 7.16. The smallest absolute Gasteiger partial charge is 0.493 e. The number of aliphatic hydroxyl groups is 1. The van der Waals surface area contributed by atoms with Crippen LogP contribution in [-0.2, 0) is 11.2 Å². The van der Waals surface area contributed by atoms with E-state index in [2.05, 4.69) is 10.1 Å². The topological polar surface area (TPSA) is 84.9 Å². The van der Waals surface area contributed by atoms with Gasteiger partial charge in [-0.05, 0) is 54.7 Å². The van der Waals surface area contributed by atoms with Crippen molar-refractivity contribution < 1.29 is 37.3 Å². The SMILES string of the molecule is O=C1NC(=O)C(Cc2ccc(OCC(CCCO)c3ccc(OC(F)(F)F)cc3)cc2)S1. The molecule has 1 heterocycles. The quantitative estimate of drug-likeness (QED) is 0.536. The second kappa shape index (κ2) is 10.7. The number of halogens is 3. The first-order chi connectivity index (χ1) is 15.2. The maximum atomic E-state index is 12.3. The fraction of sp³-hybridized carbons (Fsp3) is 0.364. The molecular formula is C22H22F3NO5S. The lowest BCUT2D eigenvalue weighted by Gasteiger charge is -2.19. The first-order valence-electron chi connectivity index (χ1n) is 9.93. The molecule has 2 atom stereocenters. The van der Waals surface area contributed by atoms with E-state index in [4.69, 9.17) is 9.84 Å². The van der Waals surface area contributed by atoms with Crippen molar-refractivity contribution in [3.63, 3.8) is 0 Å². The molecule has 1 fully saturated rings. The van der Waals surface area contributed by atoms with Crippen LogP contribution in [0, 0.1) is 0 Å². The van der Waals surface area contributed by atoms with Gasteiger partial charge in [0, 0.05) is 12.5 Å². The fourth-order valence-corrected chi connectivity index (χ4v) is 4.15. The highest BCUT2D eigenvalue weighted by atomic mass is 32.2. The molecule has 6 nitrogen and oxygen atoms in total. The highest BCUT2D eigenvalue weighted by Crippen LogP contribution is 2.28. The molecule has 1 saturated heterocycles. The Hall–Kier alpha value is -2.72. The zero-order chi connectivity index (χ0) is 23.1. The molecule has 1 aliphatic heterocycles. The monoisotopic (exact) mass is 469 g/mol. The van der Waals surface area contributed by atoms with Crippen LogP contribution in [0.3, 0.4) is 0 Å². The number of carbonyl (C=O) groups excluding carboxylic acids is 2. The third-order valence-electron chi connectivity index (χ3n) is 4.86. The molecule has 32 heavy (non-hydrogen) atoms. The number of hydrogen-bond donors (Lipinski definition) is 2. The summed E-state index contributed by atoms with van der Waals surface area (Å²) in [5.41, 5.74) is 1.66. The average molecular weight is 469 g/mol. The summed E-state index contributed by atoms with van der Waals surface area (Å²) < 4.78 is 46.8. The van der Waals surface area contributed by atoms with Crippen LogP contribution in [-0.4, -0.2) is 41.1 Å². The summed E-state index contributed by atoms with van der Waals surface area (Å²) in [6.45, 7) is 0.268. The molecule has 0 spiro atoms. The number of amides is 2. The molecule has 0 aromatic heterocycles. The summed E-state index contributed by atoms with van der Waals surface area (Å²) in [4.78, 5) is 23.0. The van der Waals surface area contributed by atoms with Crippen molar-refractivity contribution in [1.29, 1.82) is 0 Å². The Labute approximate surface area is 187 Å². The Balaban J connectivity index is 1.59. The van der Waals surface area contributed by atoms with Gasteiger partial charge >= 0.3 is 6.36 Å². The van der Waals surface area contributed by atoms with Gasteiger partial charge in [0.2, 0.25) is 5.91 Å². The summed E-state index contributed by atoms with van der Waals surface area (Å²) in [6, 6.07) is 12.8. The van der Waals surface area contributed by atoms with E-state index < -0.39 is 11.6 Å². The van der Waals surface area contributed by atoms with Gasteiger partial charge in [-0.15, -0.1) is 13.2 Å². The number of hydrogen-bond acceptors (Lipinski definition) is 6. The number of rotatable bonds is 10. The van der Waals surface area contributed by atoms with E-state index in [-0.39, 0.29) is 36.0 Å². The Morgan fingerprint density at radius 1 is 1.03 bits per heavy atom. The highest BCUT2D eigenvalue weighted by molar-refractivity contribution is 8.15. The Bertz CT molecular complexity index is 919. The van der Waals surface area contributed by atoms with E-state index in [9.17, 15) is 22.8 Å². The fourth-order valence-electron chi connectivity index (χ4n) is 3.29. The molecule has 3 rings (SSSR count). The summed E-state index contributed by atoms with van der Waals surface area (Å²) >= 11 is 0.973. The van der Waals surface area contributed by atoms with Crippen molar-refractivity contribution >= 4 is 22.9 Å². The van der Waals surface area contributed by atoms with Crippen molar-refractivity contribution in [2.45, 2.75) is 36.8 Å². The molecule has 0 bridgehead atoms. The van der Waals surface area contributed by atoms with E-state index in [0.717, 1.165) is 22.9 Å². The van der Waals surface area contributed by atoms with E-state index in [1.807, 2.05) is 12.1 Å². The van der Waals surface area contributed by atoms with Gasteiger partial charge in [0.25, 0.3) is 5.24 Å². The second-order valence-corrected chi connectivity index (χ2v) is 8.40. The van der Waals surface area contributed by atoms with Gasteiger partial charge in [-0.25, -0.2) is 0 Å². The normalized spacial score (nSPS) is 17.2. The van der Waals surface area contributed by atoms with Gasteiger partial charge in [0.15, 0.2) is 0 Å². The molecule has 172 valence electrons. The maximum absolute atomic E-state index is 12.3. The minimum absolute atomic E-state index is 0.00424. The number of alkyl halides is 3. The van der Waals surface area contributed by atoms with Gasteiger partial charge in [0.05, 0.1) is 11.9 Å². The molecule has 0 radical (unpaired) electrons. The first kappa shape index (κ1) is 23.9. The van der Waals surface area contributed by atoms with Crippen LogP contribution < -0.4 is 14.8 Å². The van der Waals surface area contributed by atoms with Crippen LogP contribution in [0.5, 0.6) is 11.5 Å². The molecule has 2 amide bonds. The van der Waals surface area contributed by atoms with E-state index in [1.165, 1.54) is 12.1 Å². The zero-order valence-corrected chi connectivity index (χ0v) is 17.7. The van der Waals surface area contributed by atoms with Crippen LogP contribution in [0.15, 0.2) is 48.5 Å².